The molecule has 0 saturated heterocycles. The van der Waals surface area contributed by atoms with Crippen LogP contribution in [0.5, 0.6) is 5.75 Å². The van der Waals surface area contributed by atoms with Gasteiger partial charge in [0.25, 0.3) is 0 Å². The van der Waals surface area contributed by atoms with Crippen molar-refractivity contribution < 1.29 is 19.1 Å². The average Bonchev–Trinajstić information content (AvgIpc) is 3.30. The number of rotatable bonds is 6. The molecule has 6 nitrogen and oxygen atoms in total. The van der Waals surface area contributed by atoms with Crippen LogP contribution in [-0.2, 0) is 0 Å². The van der Waals surface area contributed by atoms with Crippen LogP contribution in [0.1, 0.15) is 43.0 Å². The highest BCUT2D eigenvalue weighted by Crippen LogP contribution is 2.30. The number of carbonyl (C=O) groups excluding carboxylic acids is 1. The van der Waals surface area contributed by atoms with Crippen LogP contribution in [-0.4, -0.2) is 23.8 Å². The molecule has 6 heteroatoms. The minimum atomic E-state index is -0.590. The monoisotopic (exact) mass is 344 g/mol. The van der Waals surface area contributed by atoms with Gasteiger partial charge in [0, 0.05) is 11.3 Å². The number of urea groups is 1. The number of benzene rings is 1. The zero-order valence-corrected chi connectivity index (χ0v) is 14.3. The van der Waals surface area contributed by atoms with Gasteiger partial charge in [0.2, 0.25) is 0 Å². The van der Waals surface area contributed by atoms with E-state index < -0.39 is 12.1 Å². The van der Waals surface area contributed by atoms with Crippen molar-refractivity contribution in [1.29, 1.82) is 0 Å². The predicted octanol–water partition coefficient (Wildman–Crippen LogP) is 3.76. The number of anilines is 1. The molecule has 0 aliphatic heterocycles. The third-order valence-corrected chi connectivity index (χ3v) is 4.50. The quantitative estimate of drug-likeness (QED) is 0.745. The van der Waals surface area contributed by atoms with Gasteiger partial charge in [-0.1, -0.05) is 6.07 Å². The molecule has 134 valence electrons. The summed E-state index contributed by atoms with van der Waals surface area (Å²) in [6, 6.07) is 8.05. The maximum absolute atomic E-state index is 12.3. The number of aliphatic hydroxyl groups excluding tert-OH is 1. The summed E-state index contributed by atoms with van der Waals surface area (Å²) in [6.45, 7) is 1.68. The van der Waals surface area contributed by atoms with Gasteiger partial charge in [-0.25, -0.2) is 4.79 Å². The topological polar surface area (TPSA) is 83.7 Å². The summed E-state index contributed by atoms with van der Waals surface area (Å²) in [7, 11) is 0. The van der Waals surface area contributed by atoms with Crippen LogP contribution < -0.4 is 15.4 Å². The van der Waals surface area contributed by atoms with Gasteiger partial charge < -0.3 is 24.9 Å². The van der Waals surface area contributed by atoms with Crippen LogP contribution in [0.15, 0.2) is 41.0 Å². The van der Waals surface area contributed by atoms with Gasteiger partial charge in [0.05, 0.1) is 19.0 Å². The van der Waals surface area contributed by atoms with Gasteiger partial charge in [-0.3, -0.25) is 0 Å². The van der Waals surface area contributed by atoms with Crippen molar-refractivity contribution in [3.63, 3.8) is 0 Å². The molecular formula is C19H24N2O4. The Morgan fingerprint density at radius 3 is 2.80 bits per heavy atom. The fourth-order valence-electron chi connectivity index (χ4n) is 3.08. The smallest absolute Gasteiger partial charge is 0.319 e. The van der Waals surface area contributed by atoms with Gasteiger partial charge in [-0.15, -0.1) is 0 Å². The van der Waals surface area contributed by atoms with Crippen molar-refractivity contribution in [3.05, 3.63) is 47.9 Å². The first-order chi connectivity index (χ1) is 12.2. The van der Waals surface area contributed by atoms with Gasteiger partial charge in [0.15, 0.2) is 0 Å². The highest BCUT2D eigenvalue weighted by atomic mass is 16.5. The lowest BCUT2D eigenvalue weighted by molar-refractivity contribution is 0.208. The zero-order chi connectivity index (χ0) is 17.6. The maximum Gasteiger partial charge on any atom is 0.319 e. The number of nitrogens with one attached hydrogen (secondary N) is 2. The van der Waals surface area contributed by atoms with Crippen LogP contribution in [0.4, 0.5) is 10.5 Å². The van der Waals surface area contributed by atoms with E-state index in [4.69, 9.17) is 9.15 Å². The Kier molecular flexibility index (Phi) is 5.60. The van der Waals surface area contributed by atoms with Gasteiger partial charge in [-0.2, -0.15) is 0 Å². The van der Waals surface area contributed by atoms with Crippen LogP contribution in [0.25, 0.3) is 0 Å². The van der Waals surface area contributed by atoms with Crippen molar-refractivity contribution in [2.45, 2.75) is 44.8 Å². The normalized spacial score (nSPS) is 15.8. The first kappa shape index (κ1) is 17.4. The molecule has 1 aliphatic rings. The minimum Gasteiger partial charge on any atom is -0.490 e. The first-order valence-electron chi connectivity index (χ1n) is 8.65. The Morgan fingerprint density at radius 1 is 1.32 bits per heavy atom. The lowest BCUT2D eigenvalue weighted by Crippen LogP contribution is -2.34. The summed E-state index contributed by atoms with van der Waals surface area (Å²) >= 11 is 0. The molecule has 2 amide bonds. The lowest BCUT2D eigenvalue weighted by atomic mass is 10.1. The number of aliphatic hydroxyl groups is 1. The summed E-state index contributed by atoms with van der Waals surface area (Å²) in [4.78, 5) is 12.3. The summed E-state index contributed by atoms with van der Waals surface area (Å²) in [5.41, 5.74) is 1.58. The molecule has 0 bridgehead atoms. The maximum atomic E-state index is 12.3. The van der Waals surface area contributed by atoms with E-state index in [9.17, 15) is 9.90 Å². The first-order valence-corrected chi connectivity index (χ1v) is 8.65. The van der Waals surface area contributed by atoms with E-state index in [1.165, 1.54) is 19.1 Å². The van der Waals surface area contributed by atoms with Crippen molar-refractivity contribution in [2.75, 3.05) is 11.9 Å². The standard InChI is InChI=1S/C19H24N2O4/c1-13-15(8-4-9-17(13)25-14-6-2-3-7-14)20-19(23)21-16(12-22)18-10-5-11-24-18/h4-5,8-11,14,16,22H,2-3,6-7,12H2,1H3,(H2,20,21,23)/t16-/m1/s1. The van der Waals surface area contributed by atoms with E-state index >= 15 is 0 Å². The lowest BCUT2D eigenvalue weighted by Gasteiger charge is -2.19. The Labute approximate surface area is 147 Å². The zero-order valence-electron chi connectivity index (χ0n) is 14.3. The highest BCUT2D eigenvalue weighted by Gasteiger charge is 2.19. The molecule has 1 aliphatic carbocycles. The van der Waals surface area contributed by atoms with Crippen molar-refractivity contribution in [3.8, 4) is 5.75 Å². The SMILES string of the molecule is Cc1c(NC(=O)N[C@H](CO)c2ccco2)cccc1OC1CCCC1. The van der Waals surface area contributed by atoms with Gasteiger partial charge in [-0.05, 0) is 56.9 Å². The molecule has 0 spiro atoms. The van der Waals surface area contributed by atoms with Crippen molar-refractivity contribution in [2.24, 2.45) is 0 Å². The average molecular weight is 344 g/mol. The predicted molar refractivity (Wildman–Crippen MR) is 94.8 cm³/mol. The number of furan rings is 1. The fourth-order valence-corrected chi connectivity index (χ4v) is 3.08. The molecule has 0 unspecified atom stereocenters. The second-order valence-corrected chi connectivity index (χ2v) is 6.30. The molecule has 1 saturated carbocycles. The molecule has 1 heterocycles. The Hall–Kier alpha value is -2.47. The van der Waals surface area contributed by atoms with E-state index in [1.54, 1.807) is 12.1 Å². The third-order valence-electron chi connectivity index (χ3n) is 4.50. The number of hydrogen-bond acceptors (Lipinski definition) is 4. The summed E-state index contributed by atoms with van der Waals surface area (Å²) in [5, 5.41) is 15.0. The molecule has 25 heavy (non-hydrogen) atoms. The highest BCUT2D eigenvalue weighted by molar-refractivity contribution is 5.90. The summed E-state index contributed by atoms with van der Waals surface area (Å²) < 4.78 is 11.3. The number of carbonyl (C=O) groups is 1. The minimum absolute atomic E-state index is 0.245. The Balaban J connectivity index is 1.64. The molecule has 3 rings (SSSR count). The van der Waals surface area contributed by atoms with Crippen LogP contribution in [0.2, 0.25) is 0 Å². The Bertz CT molecular complexity index is 693. The molecule has 1 fully saturated rings. The molecular weight excluding hydrogens is 320 g/mol. The molecule has 3 N–H and O–H groups in total. The van der Waals surface area contributed by atoms with E-state index in [-0.39, 0.29) is 12.7 Å². The van der Waals surface area contributed by atoms with E-state index in [2.05, 4.69) is 10.6 Å². The third kappa shape index (κ3) is 4.33. The van der Waals surface area contributed by atoms with Crippen molar-refractivity contribution in [1.82, 2.24) is 5.32 Å². The summed E-state index contributed by atoms with van der Waals surface area (Å²) in [5.74, 6) is 1.31. The van der Waals surface area contributed by atoms with Crippen molar-refractivity contribution >= 4 is 11.7 Å². The molecule has 2 aromatic rings. The van der Waals surface area contributed by atoms with Gasteiger partial charge in [0.1, 0.15) is 17.6 Å². The van der Waals surface area contributed by atoms with Gasteiger partial charge >= 0.3 is 6.03 Å². The van der Waals surface area contributed by atoms with E-state index in [0.29, 0.717) is 11.4 Å². The molecule has 0 radical (unpaired) electrons. The fraction of sp³-hybridized carbons (Fsp3) is 0.421. The van der Waals surface area contributed by atoms with Crippen LogP contribution in [0, 0.1) is 6.92 Å². The number of ether oxygens (including phenoxy) is 1. The van der Waals surface area contributed by atoms with Crippen LogP contribution >= 0.6 is 0 Å². The van der Waals surface area contributed by atoms with E-state index in [0.717, 1.165) is 24.2 Å². The second-order valence-electron chi connectivity index (χ2n) is 6.30. The molecule has 1 atom stereocenters. The largest absolute Gasteiger partial charge is 0.490 e. The van der Waals surface area contributed by atoms with Crippen LogP contribution in [0.3, 0.4) is 0 Å². The number of hydrogen-bond donors (Lipinski definition) is 3. The van der Waals surface area contributed by atoms with E-state index in [1.807, 2.05) is 25.1 Å². The molecule has 1 aromatic carbocycles. The number of amides is 2. The Morgan fingerprint density at radius 2 is 2.12 bits per heavy atom. The molecule has 1 aromatic heterocycles. The second kappa shape index (κ2) is 8.07. The summed E-state index contributed by atoms with van der Waals surface area (Å²) in [6.07, 6.45) is 6.35.